The molecule has 1 unspecified atom stereocenters. The number of thiazole rings is 1. The second-order valence-electron chi connectivity index (χ2n) is 5.86. The van der Waals surface area contributed by atoms with E-state index in [1.165, 1.54) is 12.3 Å². The van der Waals surface area contributed by atoms with Crippen LogP contribution in [0.5, 0.6) is 0 Å². The van der Waals surface area contributed by atoms with Crippen LogP contribution >= 0.6 is 34.4 Å². The minimum absolute atomic E-state index is 0.0530. The molecule has 3 rings (SSSR count). The Balaban J connectivity index is 1.90. The maximum Gasteiger partial charge on any atom is 0.416 e. The molecule has 0 bridgehead atoms. The Bertz CT molecular complexity index is 1040. The van der Waals surface area contributed by atoms with Crippen molar-refractivity contribution in [2.24, 2.45) is 0 Å². The summed E-state index contributed by atoms with van der Waals surface area (Å²) >= 11 is 3.00. The Morgan fingerprint density at radius 1 is 1.03 bits per heavy atom. The molecule has 30 heavy (non-hydrogen) atoms. The molecule has 1 atom stereocenters. The predicted octanol–water partition coefficient (Wildman–Crippen LogP) is 6.04. The number of benzene rings is 1. The van der Waals surface area contributed by atoms with E-state index in [4.69, 9.17) is 5.11 Å². The quantitative estimate of drug-likeness (QED) is 0.444. The van der Waals surface area contributed by atoms with E-state index in [0.29, 0.717) is 20.8 Å². The SMILES string of the molecule is CC(C(=O)O)c1nnc(Sc2nc(-c3cc(C(F)(F)F)cc(C(F)(F)F)c3)cs2)s1. The summed E-state index contributed by atoms with van der Waals surface area (Å²) in [4.78, 5) is 15.1. The predicted molar refractivity (Wildman–Crippen MR) is 97.6 cm³/mol. The third-order valence-corrected chi connectivity index (χ3v) is 6.80. The van der Waals surface area contributed by atoms with Gasteiger partial charge in [0.05, 0.1) is 16.8 Å². The highest BCUT2D eigenvalue weighted by atomic mass is 32.2. The number of alkyl halides is 6. The van der Waals surface area contributed by atoms with Crippen molar-refractivity contribution in [3.8, 4) is 11.3 Å². The lowest BCUT2D eigenvalue weighted by Gasteiger charge is -2.13. The van der Waals surface area contributed by atoms with Crippen molar-refractivity contribution < 1.29 is 36.2 Å². The van der Waals surface area contributed by atoms with Crippen molar-refractivity contribution in [1.29, 1.82) is 0 Å². The van der Waals surface area contributed by atoms with E-state index in [2.05, 4.69) is 15.2 Å². The van der Waals surface area contributed by atoms with Crippen LogP contribution in [0.25, 0.3) is 11.3 Å². The largest absolute Gasteiger partial charge is 0.481 e. The molecular weight excluding hydrogens is 476 g/mol. The molecule has 1 aromatic carbocycles. The van der Waals surface area contributed by atoms with Crippen molar-refractivity contribution in [3.05, 3.63) is 39.7 Å². The molecule has 2 heterocycles. The summed E-state index contributed by atoms with van der Waals surface area (Å²) in [6.07, 6.45) is -9.90. The van der Waals surface area contributed by atoms with Gasteiger partial charge in [-0.1, -0.05) is 11.3 Å². The minimum Gasteiger partial charge on any atom is -0.481 e. The smallest absolute Gasteiger partial charge is 0.416 e. The molecular formula is C16H9F6N3O2S3. The van der Waals surface area contributed by atoms with E-state index in [0.717, 1.165) is 34.4 Å². The number of hydrogen-bond acceptors (Lipinski definition) is 7. The van der Waals surface area contributed by atoms with Crippen LogP contribution in [-0.2, 0) is 17.1 Å². The van der Waals surface area contributed by atoms with Gasteiger partial charge in [-0.15, -0.1) is 21.5 Å². The zero-order valence-electron chi connectivity index (χ0n) is 14.6. The summed E-state index contributed by atoms with van der Waals surface area (Å²) in [6.45, 7) is 1.44. The number of nitrogens with zero attached hydrogens (tertiary/aromatic N) is 3. The van der Waals surface area contributed by atoms with Gasteiger partial charge in [-0.25, -0.2) is 4.98 Å². The summed E-state index contributed by atoms with van der Waals surface area (Å²) in [7, 11) is 0. The first-order chi connectivity index (χ1) is 13.8. The molecule has 0 aliphatic carbocycles. The van der Waals surface area contributed by atoms with Gasteiger partial charge >= 0.3 is 18.3 Å². The fraction of sp³-hybridized carbons (Fsp3) is 0.250. The average molecular weight is 485 g/mol. The van der Waals surface area contributed by atoms with Crippen LogP contribution < -0.4 is 0 Å². The summed E-state index contributed by atoms with van der Waals surface area (Å²) in [6, 6.07) is 1.27. The van der Waals surface area contributed by atoms with Crippen molar-refractivity contribution in [2.45, 2.75) is 33.9 Å². The first-order valence-corrected chi connectivity index (χ1v) is 10.4. The minimum atomic E-state index is -4.95. The Morgan fingerprint density at radius 3 is 2.17 bits per heavy atom. The molecule has 0 saturated heterocycles. The third-order valence-electron chi connectivity index (χ3n) is 3.70. The van der Waals surface area contributed by atoms with Gasteiger partial charge in [0.2, 0.25) is 0 Å². The van der Waals surface area contributed by atoms with Crippen molar-refractivity contribution in [2.75, 3.05) is 0 Å². The number of carboxylic acids is 1. The Labute approximate surface area is 176 Å². The summed E-state index contributed by atoms with van der Waals surface area (Å²) in [5.41, 5.74) is -3.22. The fourth-order valence-corrected chi connectivity index (χ4v) is 5.10. The number of carbonyl (C=O) groups is 1. The highest BCUT2D eigenvalue weighted by molar-refractivity contribution is 8.02. The van der Waals surface area contributed by atoms with E-state index in [-0.39, 0.29) is 22.3 Å². The maximum absolute atomic E-state index is 13.0. The van der Waals surface area contributed by atoms with Crippen molar-refractivity contribution in [1.82, 2.24) is 15.2 Å². The van der Waals surface area contributed by atoms with E-state index >= 15 is 0 Å². The molecule has 5 nitrogen and oxygen atoms in total. The number of rotatable bonds is 5. The Hall–Kier alpha value is -2.19. The van der Waals surface area contributed by atoms with Crippen molar-refractivity contribution >= 4 is 40.4 Å². The molecule has 1 N–H and O–H groups in total. The van der Waals surface area contributed by atoms with Gasteiger partial charge in [-0.05, 0) is 36.9 Å². The van der Waals surface area contributed by atoms with Crippen LogP contribution in [0.3, 0.4) is 0 Å². The molecule has 0 fully saturated rings. The fourth-order valence-electron chi connectivity index (χ4n) is 2.16. The molecule has 160 valence electrons. The van der Waals surface area contributed by atoms with Gasteiger partial charge < -0.3 is 5.11 Å². The highest BCUT2D eigenvalue weighted by Gasteiger charge is 2.37. The second kappa shape index (κ2) is 8.15. The normalized spacial score (nSPS) is 13.4. The zero-order chi connectivity index (χ0) is 22.3. The average Bonchev–Trinajstić information content (AvgIpc) is 3.29. The van der Waals surface area contributed by atoms with Gasteiger partial charge in [-0.3, -0.25) is 4.79 Å². The van der Waals surface area contributed by atoms with Crippen LogP contribution in [0.2, 0.25) is 0 Å². The van der Waals surface area contributed by atoms with Gasteiger partial charge in [0.15, 0.2) is 8.68 Å². The van der Waals surface area contributed by atoms with Gasteiger partial charge in [-0.2, -0.15) is 26.3 Å². The Kier molecular flexibility index (Phi) is 6.11. The van der Waals surface area contributed by atoms with E-state index in [9.17, 15) is 31.1 Å². The van der Waals surface area contributed by atoms with Crippen LogP contribution in [0.1, 0.15) is 29.0 Å². The zero-order valence-corrected chi connectivity index (χ0v) is 17.0. The molecule has 2 aromatic heterocycles. The number of aliphatic carboxylic acids is 1. The number of carboxylic acid groups (broad SMARTS) is 1. The molecule has 0 saturated carbocycles. The van der Waals surface area contributed by atoms with Gasteiger partial charge in [0.25, 0.3) is 0 Å². The monoisotopic (exact) mass is 485 g/mol. The van der Waals surface area contributed by atoms with E-state index < -0.39 is 35.4 Å². The van der Waals surface area contributed by atoms with Crippen LogP contribution in [0.15, 0.2) is 32.3 Å². The summed E-state index contributed by atoms with van der Waals surface area (Å²) in [5, 5.41) is 18.2. The topological polar surface area (TPSA) is 76.0 Å². The van der Waals surface area contributed by atoms with E-state index in [1.54, 1.807) is 0 Å². The molecule has 3 aromatic rings. The standard InChI is InChI=1S/C16H9F6N3O2S3/c1-6(12(26)27)11-24-25-14(29-11)30-13-23-10(5-28-13)7-2-8(15(17,18)19)4-9(3-7)16(20,21)22/h2-6H,1H3,(H,26,27). The van der Waals surface area contributed by atoms with Crippen molar-refractivity contribution in [3.63, 3.8) is 0 Å². The molecule has 0 aliphatic rings. The summed E-state index contributed by atoms with van der Waals surface area (Å²) in [5.74, 6) is -1.95. The Morgan fingerprint density at radius 2 is 1.63 bits per heavy atom. The molecule has 0 radical (unpaired) electrons. The third kappa shape index (κ3) is 5.10. The molecule has 0 aliphatic heterocycles. The van der Waals surface area contributed by atoms with Crippen LogP contribution in [-0.4, -0.2) is 26.3 Å². The van der Waals surface area contributed by atoms with Gasteiger partial charge in [0, 0.05) is 10.9 Å². The maximum atomic E-state index is 13.0. The summed E-state index contributed by atoms with van der Waals surface area (Å²) < 4.78 is 78.8. The first kappa shape index (κ1) is 22.5. The van der Waals surface area contributed by atoms with Crippen LogP contribution in [0.4, 0.5) is 26.3 Å². The first-order valence-electron chi connectivity index (χ1n) is 7.84. The molecule has 14 heteroatoms. The number of aromatic nitrogens is 3. The lowest BCUT2D eigenvalue weighted by atomic mass is 10.0. The van der Waals surface area contributed by atoms with E-state index in [1.807, 2.05) is 0 Å². The number of hydrogen-bond donors (Lipinski definition) is 1. The lowest BCUT2D eigenvalue weighted by molar-refractivity contribution is -0.143. The second-order valence-corrected chi connectivity index (χ2v) is 9.22. The lowest BCUT2D eigenvalue weighted by Crippen LogP contribution is -2.11. The molecule has 0 amide bonds. The highest BCUT2D eigenvalue weighted by Crippen LogP contribution is 2.40. The van der Waals surface area contributed by atoms with Crippen LogP contribution in [0, 0.1) is 0 Å². The van der Waals surface area contributed by atoms with Gasteiger partial charge in [0.1, 0.15) is 10.9 Å². The number of halogens is 6. The molecule has 0 spiro atoms.